The fraction of sp³-hybridized carbons (Fsp3) is 0.577. The molecule has 3 saturated carbocycles. The van der Waals surface area contributed by atoms with E-state index in [1.165, 1.54) is 6.07 Å². The summed E-state index contributed by atoms with van der Waals surface area (Å²) in [5, 5.41) is 22.5. The van der Waals surface area contributed by atoms with Crippen LogP contribution in [0.5, 0.6) is 0 Å². The topological polar surface area (TPSA) is 83.7 Å². The number of aliphatic hydroxyl groups excluding tert-OH is 1. The van der Waals surface area contributed by atoms with Gasteiger partial charge in [-0.15, -0.1) is 0 Å². The van der Waals surface area contributed by atoms with Crippen molar-refractivity contribution in [1.82, 2.24) is 4.90 Å². The predicted molar refractivity (Wildman–Crippen MR) is 123 cm³/mol. The Kier molecular flexibility index (Phi) is 4.86. The second-order valence-corrected chi connectivity index (χ2v) is 10.8. The van der Waals surface area contributed by atoms with Crippen molar-refractivity contribution in [2.45, 2.75) is 58.1 Å². The Morgan fingerprint density at radius 3 is 2.75 bits per heavy atom. The number of nitro groups is 1. The highest BCUT2D eigenvalue weighted by Crippen LogP contribution is 2.65. The molecule has 0 spiro atoms. The smallest absolute Gasteiger partial charge is 0.270 e. The first-order chi connectivity index (χ1) is 15.1. The van der Waals surface area contributed by atoms with E-state index in [0.29, 0.717) is 17.8 Å². The second kappa shape index (κ2) is 7.27. The maximum atomic E-state index is 12.3. The van der Waals surface area contributed by atoms with E-state index in [9.17, 15) is 20.0 Å². The number of amides is 1. The molecule has 1 heterocycles. The first kappa shape index (κ1) is 21.4. The summed E-state index contributed by atoms with van der Waals surface area (Å²) in [4.78, 5) is 25.0. The fourth-order valence-corrected chi connectivity index (χ4v) is 7.68. The Labute approximate surface area is 189 Å². The number of aliphatic hydroxyl groups is 1. The van der Waals surface area contributed by atoms with Gasteiger partial charge in [0.2, 0.25) is 5.91 Å². The second-order valence-electron chi connectivity index (χ2n) is 10.8. The van der Waals surface area contributed by atoms with Crippen molar-refractivity contribution >= 4 is 17.7 Å². The zero-order valence-electron chi connectivity index (χ0n) is 19.0. The van der Waals surface area contributed by atoms with Crippen LogP contribution >= 0.6 is 0 Å². The maximum Gasteiger partial charge on any atom is 0.270 e. The minimum atomic E-state index is -0.524. The normalized spacial score (nSPS) is 41.9. The third-order valence-electron chi connectivity index (χ3n) is 9.43. The molecular weight excluding hydrogens is 404 g/mol. The molecule has 170 valence electrons. The Bertz CT molecular complexity index is 1030. The number of nitro benzene ring substituents is 1. The van der Waals surface area contributed by atoms with Crippen molar-refractivity contribution in [1.29, 1.82) is 0 Å². The Morgan fingerprint density at radius 1 is 1.22 bits per heavy atom. The molecule has 6 heteroatoms. The summed E-state index contributed by atoms with van der Waals surface area (Å²) >= 11 is 0. The number of hydrogen-bond donors (Lipinski definition) is 1. The quantitative estimate of drug-likeness (QED) is 0.543. The third kappa shape index (κ3) is 2.99. The van der Waals surface area contributed by atoms with E-state index in [0.717, 1.165) is 43.2 Å². The Balaban J connectivity index is 1.47. The zero-order valence-corrected chi connectivity index (χ0v) is 19.0. The van der Waals surface area contributed by atoms with Crippen LogP contribution < -0.4 is 0 Å². The van der Waals surface area contributed by atoms with Crippen molar-refractivity contribution in [3.63, 3.8) is 0 Å². The molecular formula is C26H32N2O4. The maximum absolute atomic E-state index is 12.3. The van der Waals surface area contributed by atoms with Crippen LogP contribution in [0, 0.1) is 38.7 Å². The number of hydrogen-bond acceptors (Lipinski definition) is 4. The SMILES string of the molecule is CN1C(=O)C=C[C@]2(C)[C@H]3CC[C@]4(C)[C@@H](O)C(=Cc5cccc([N+](=O)[O-])c5)C[C@H]4[C@@H]3CC[C@@H]12. The molecule has 1 aromatic carbocycles. The van der Waals surface area contributed by atoms with Gasteiger partial charge in [0.05, 0.1) is 11.0 Å². The highest BCUT2D eigenvalue weighted by molar-refractivity contribution is 5.89. The fourth-order valence-electron chi connectivity index (χ4n) is 7.68. The lowest BCUT2D eigenvalue weighted by atomic mass is 9.48. The van der Waals surface area contributed by atoms with E-state index >= 15 is 0 Å². The van der Waals surface area contributed by atoms with Crippen LogP contribution in [0.25, 0.3) is 6.08 Å². The van der Waals surface area contributed by atoms with E-state index in [4.69, 9.17) is 0 Å². The van der Waals surface area contributed by atoms with Crippen molar-refractivity contribution < 1.29 is 14.8 Å². The van der Waals surface area contributed by atoms with Gasteiger partial charge in [0.15, 0.2) is 0 Å². The average molecular weight is 437 g/mol. The summed E-state index contributed by atoms with van der Waals surface area (Å²) < 4.78 is 0. The summed E-state index contributed by atoms with van der Waals surface area (Å²) in [5.74, 6) is 1.49. The van der Waals surface area contributed by atoms with E-state index in [2.05, 4.69) is 19.9 Å². The van der Waals surface area contributed by atoms with E-state index in [-0.39, 0.29) is 33.4 Å². The molecule has 0 radical (unpaired) electrons. The highest BCUT2D eigenvalue weighted by atomic mass is 16.6. The van der Waals surface area contributed by atoms with E-state index in [1.807, 2.05) is 24.1 Å². The van der Waals surface area contributed by atoms with Gasteiger partial charge in [-0.2, -0.15) is 0 Å². The Hall–Kier alpha value is -2.47. The third-order valence-corrected chi connectivity index (χ3v) is 9.43. The zero-order chi connectivity index (χ0) is 22.8. The van der Waals surface area contributed by atoms with Crippen LogP contribution in [0.1, 0.15) is 51.5 Å². The Morgan fingerprint density at radius 2 is 2.00 bits per heavy atom. The number of likely N-dealkylation sites (N-methyl/N-ethyl adjacent to an activating group) is 1. The lowest BCUT2D eigenvalue weighted by molar-refractivity contribution is -0.384. The first-order valence-electron chi connectivity index (χ1n) is 11.7. The summed E-state index contributed by atoms with van der Waals surface area (Å²) in [6, 6.07) is 6.89. The largest absolute Gasteiger partial charge is 0.388 e. The predicted octanol–water partition coefficient (Wildman–Crippen LogP) is 4.59. The van der Waals surface area contributed by atoms with Gasteiger partial charge in [-0.05, 0) is 67.1 Å². The van der Waals surface area contributed by atoms with Gasteiger partial charge in [0.1, 0.15) is 0 Å². The van der Waals surface area contributed by atoms with Crippen LogP contribution in [-0.2, 0) is 4.79 Å². The molecule has 1 amide bonds. The molecule has 0 unspecified atom stereocenters. The van der Waals surface area contributed by atoms with Gasteiger partial charge in [-0.1, -0.05) is 38.1 Å². The van der Waals surface area contributed by atoms with Gasteiger partial charge in [-0.3, -0.25) is 14.9 Å². The summed E-state index contributed by atoms with van der Waals surface area (Å²) in [7, 11) is 1.93. The van der Waals surface area contributed by atoms with Gasteiger partial charge in [0.25, 0.3) is 5.69 Å². The van der Waals surface area contributed by atoms with Crippen LogP contribution in [0.2, 0.25) is 0 Å². The molecule has 0 saturated heterocycles. The average Bonchev–Trinajstić information content (AvgIpc) is 3.02. The van der Waals surface area contributed by atoms with Crippen molar-refractivity contribution in [3.8, 4) is 0 Å². The highest BCUT2D eigenvalue weighted by Gasteiger charge is 2.61. The molecule has 3 aliphatic carbocycles. The molecule has 3 fully saturated rings. The molecule has 0 bridgehead atoms. The molecule has 7 atom stereocenters. The molecule has 32 heavy (non-hydrogen) atoms. The molecule has 1 aliphatic heterocycles. The van der Waals surface area contributed by atoms with Crippen LogP contribution in [0.3, 0.4) is 0 Å². The van der Waals surface area contributed by atoms with Crippen LogP contribution in [0.4, 0.5) is 5.69 Å². The number of nitrogens with zero attached hydrogens (tertiary/aromatic N) is 2. The van der Waals surface area contributed by atoms with Crippen molar-refractivity contribution in [2.75, 3.05) is 7.05 Å². The molecule has 1 N–H and O–H groups in total. The lowest BCUT2D eigenvalue weighted by Crippen LogP contribution is -2.59. The molecule has 0 aromatic heterocycles. The first-order valence-corrected chi connectivity index (χ1v) is 11.7. The van der Waals surface area contributed by atoms with Crippen molar-refractivity contribution in [2.24, 2.45) is 28.6 Å². The van der Waals surface area contributed by atoms with Gasteiger partial charge < -0.3 is 10.0 Å². The standard InChI is InChI=1S/C26H32N2O4/c1-25-12-10-23(29)27(3)22(25)8-7-19-20(25)9-11-26(2)21(19)15-17(24(26)30)13-16-5-4-6-18(14-16)28(31)32/h4-6,10,12-14,19-22,24,30H,7-9,11,15H2,1-3H3/t19-,20+,21+,22-,24+,25-,26+/m1/s1. The monoisotopic (exact) mass is 436 g/mol. The number of benzene rings is 1. The van der Waals surface area contributed by atoms with Gasteiger partial charge in [0, 0.05) is 36.1 Å². The van der Waals surface area contributed by atoms with Crippen molar-refractivity contribution in [3.05, 3.63) is 57.7 Å². The number of carbonyl (C=O) groups excluding carboxylic acids is 1. The summed E-state index contributed by atoms with van der Waals surface area (Å²) in [6.07, 6.45) is 10.3. The number of rotatable bonds is 2. The molecule has 4 aliphatic rings. The van der Waals surface area contributed by atoms with Gasteiger partial charge in [-0.25, -0.2) is 0 Å². The van der Waals surface area contributed by atoms with Gasteiger partial charge >= 0.3 is 0 Å². The molecule has 6 nitrogen and oxygen atoms in total. The van der Waals surface area contributed by atoms with Crippen LogP contribution in [-0.4, -0.2) is 40.0 Å². The molecule has 5 rings (SSSR count). The van der Waals surface area contributed by atoms with Crippen LogP contribution in [0.15, 0.2) is 42.0 Å². The van der Waals surface area contributed by atoms with E-state index in [1.54, 1.807) is 18.2 Å². The van der Waals surface area contributed by atoms with E-state index < -0.39 is 6.10 Å². The number of fused-ring (bicyclic) bond motifs is 5. The number of non-ortho nitro benzene ring substituents is 1. The minimum Gasteiger partial charge on any atom is -0.388 e. The molecule has 1 aromatic rings. The number of carbonyl (C=O) groups is 1. The summed E-state index contributed by atoms with van der Waals surface area (Å²) in [6.45, 7) is 4.55. The lowest BCUT2D eigenvalue weighted by Gasteiger charge is -2.59. The minimum absolute atomic E-state index is 0.0234. The summed E-state index contributed by atoms with van der Waals surface area (Å²) in [5.41, 5.74) is 1.65.